The largest absolute Gasteiger partial charge is 1.00 e. The number of hydrogen-bond acceptors (Lipinski definition) is 3. The van der Waals surface area contributed by atoms with E-state index in [-0.39, 0.29) is 29.6 Å². The fraction of sp³-hybridized carbons (Fsp3) is 0.857. The molecular formula is C7H14NNaO2. The molecule has 0 rings (SSSR count). The molecule has 60 valence electrons. The molecule has 2 N–H and O–H groups in total. The van der Waals surface area contributed by atoms with Crippen molar-refractivity contribution in [3.63, 3.8) is 0 Å². The third-order valence-electron chi connectivity index (χ3n) is 1.56. The van der Waals surface area contributed by atoms with Crippen LogP contribution in [0.5, 0.6) is 0 Å². The van der Waals surface area contributed by atoms with E-state index in [0.717, 1.165) is 6.42 Å². The second-order valence-electron chi connectivity index (χ2n) is 3.06. The number of carbonyl (C=O) groups is 1. The molecule has 0 aromatic heterocycles. The van der Waals surface area contributed by atoms with Gasteiger partial charge in [-0.05, 0) is 19.4 Å². The molecule has 3 nitrogen and oxygen atoms in total. The van der Waals surface area contributed by atoms with Crippen LogP contribution in [0, 0.1) is 5.41 Å². The monoisotopic (exact) mass is 167 g/mol. The molecular weight excluding hydrogens is 153 g/mol. The summed E-state index contributed by atoms with van der Waals surface area (Å²) in [6.07, 6.45) is 1.33. The number of carbonyl (C=O) groups excluding carboxylic acids is 1. The van der Waals surface area contributed by atoms with E-state index < -0.39 is 11.4 Å². The molecule has 0 aliphatic rings. The van der Waals surface area contributed by atoms with Crippen molar-refractivity contribution in [3.8, 4) is 0 Å². The molecule has 0 aliphatic heterocycles. The van der Waals surface area contributed by atoms with Crippen LogP contribution in [0.4, 0.5) is 0 Å². The Bertz CT molecular complexity index is 126. The topological polar surface area (TPSA) is 66.2 Å². The molecule has 0 amide bonds. The molecule has 0 atom stereocenters. The Labute approximate surface area is 89.6 Å². The summed E-state index contributed by atoms with van der Waals surface area (Å²) in [5.74, 6) is -0.999. The van der Waals surface area contributed by atoms with Crippen LogP contribution in [0.2, 0.25) is 0 Å². The minimum atomic E-state index is -0.999. The fourth-order valence-electron chi connectivity index (χ4n) is 0.646. The number of carboxylic acids is 1. The Balaban J connectivity index is 0. The Kier molecular flexibility index (Phi) is 7.63. The van der Waals surface area contributed by atoms with Gasteiger partial charge < -0.3 is 15.6 Å². The molecule has 0 aliphatic carbocycles. The van der Waals surface area contributed by atoms with Crippen molar-refractivity contribution in [1.29, 1.82) is 0 Å². The van der Waals surface area contributed by atoms with Gasteiger partial charge in [-0.25, -0.2) is 0 Å². The first kappa shape index (κ1) is 14.0. The third-order valence-corrected chi connectivity index (χ3v) is 1.56. The van der Waals surface area contributed by atoms with Crippen molar-refractivity contribution in [2.75, 3.05) is 6.54 Å². The Morgan fingerprint density at radius 1 is 1.55 bits per heavy atom. The van der Waals surface area contributed by atoms with Gasteiger partial charge in [-0.2, -0.15) is 0 Å². The minimum Gasteiger partial charge on any atom is -0.550 e. The van der Waals surface area contributed by atoms with Crippen LogP contribution in [0.3, 0.4) is 0 Å². The van der Waals surface area contributed by atoms with Crippen LogP contribution in [0.25, 0.3) is 0 Å². The van der Waals surface area contributed by atoms with Crippen LogP contribution < -0.4 is 40.4 Å². The molecule has 4 heteroatoms. The summed E-state index contributed by atoms with van der Waals surface area (Å²) < 4.78 is 0. The summed E-state index contributed by atoms with van der Waals surface area (Å²) >= 11 is 0. The Morgan fingerprint density at radius 3 is 2.27 bits per heavy atom. The van der Waals surface area contributed by atoms with E-state index in [2.05, 4.69) is 0 Å². The van der Waals surface area contributed by atoms with Crippen molar-refractivity contribution in [1.82, 2.24) is 0 Å². The van der Waals surface area contributed by atoms with E-state index >= 15 is 0 Å². The molecule has 0 saturated carbocycles. The molecule has 0 aromatic rings. The predicted molar refractivity (Wildman–Crippen MR) is 37.1 cm³/mol. The summed E-state index contributed by atoms with van der Waals surface area (Å²) in [6.45, 7) is 3.84. The van der Waals surface area contributed by atoms with Crippen LogP contribution >= 0.6 is 0 Å². The first-order valence-corrected chi connectivity index (χ1v) is 3.42. The van der Waals surface area contributed by atoms with Crippen LogP contribution in [0.1, 0.15) is 26.7 Å². The molecule has 0 fully saturated rings. The van der Waals surface area contributed by atoms with E-state index in [0.29, 0.717) is 13.0 Å². The predicted octanol–water partition coefficient (Wildman–Crippen LogP) is -3.49. The third kappa shape index (κ3) is 5.67. The molecule has 0 radical (unpaired) electrons. The Morgan fingerprint density at radius 2 is 2.00 bits per heavy atom. The first-order valence-electron chi connectivity index (χ1n) is 3.42. The maximum Gasteiger partial charge on any atom is 1.00 e. The van der Waals surface area contributed by atoms with Crippen LogP contribution in [-0.4, -0.2) is 12.5 Å². The van der Waals surface area contributed by atoms with E-state index in [1.165, 1.54) is 0 Å². The summed E-state index contributed by atoms with van der Waals surface area (Å²) in [6, 6.07) is 0. The minimum absolute atomic E-state index is 0. The normalized spacial score (nSPS) is 10.5. The van der Waals surface area contributed by atoms with E-state index in [1.807, 2.05) is 0 Å². The van der Waals surface area contributed by atoms with Crippen molar-refractivity contribution in [2.24, 2.45) is 11.1 Å². The van der Waals surface area contributed by atoms with Gasteiger partial charge in [0.2, 0.25) is 0 Å². The second kappa shape index (κ2) is 6.00. The standard InChI is InChI=1S/C7H15NO2.Na/c1-7(2,6(9)10)4-3-5-8;/h3-5,8H2,1-2H3,(H,9,10);/q;+1/p-1. The number of carboxylic acid groups (broad SMARTS) is 1. The number of aliphatic carboxylic acids is 1. The fourth-order valence-corrected chi connectivity index (χ4v) is 0.646. The summed E-state index contributed by atoms with van der Waals surface area (Å²) in [5, 5.41) is 10.4. The van der Waals surface area contributed by atoms with E-state index in [1.54, 1.807) is 13.8 Å². The molecule has 0 heterocycles. The maximum atomic E-state index is 10.4. The molecule has 0 saturated heterocycles. The summed E-state index contributed by atoms with van der Waals surface area (Å²) in [7, 11) is 0. The van der Waals surface area contributed by atoms with Gasteiger partial charge in [0.05, 0.1) is 0 Å². The maximum absolute atomic E-state index is 10.4. The van der Waals surface area contributed by atoms with Crippen molar-refractivity contribution in [2.45, 2.75) is 26.7 Å². The smallest absolute Gasteiger partial charge is 0.550 e. The first-order chi connectivity index (χ1) is 4.50. The summed E-state index contributed by atoms with van der Waals surface area (Å²) in [5.41, 5.74) is 4.50. The van der Waals surface area contributed by atoms with Gasteiger partial charge in [0, 0.05) is 11.4 Å². The average molecular weight is 167 g/mol. The second-order valence-corrected chi connectivity index (χ2v) is 3.06. The van der Waals surface area contributed by atoms with E-state index in [4.69, 9.17) is 5.73 Å². The van der Waals surface area contributed by atoms with Crippen molar-refractivity contribution < 1.29 is 39.5 Å². The number of nitrogens with two attached hydrogens (primary N) is 1. The van der Waals surface area contributed by atoms with Crippen molar-refractivity contribution >= 4 is 5.97 Å². The molecule has 11 heavy (non-hydrogen) atoms. The van der Waals surface area contributed by atoms with Gasteiger partial charge >= 0.3 is 29.6 Å². The molecule has 0 unspecified atom stereocenters. The molecule has 0 spiro atoms. The van der Waals surface area contributed by atoms with E-state index in [9.17, 15) is 9.90 Å². The van der Waals surface area contributed by atoms with Gasteiger partial charge in [-0.15, -0.1) is 0 Å². The van der Waals surface area contributed by atoms with Gasteiger partial charge in [0.15, 0.2) is 0 Å². The SMILES string of the molecule is CC(C)(CCCN)C(=O)[O-].[Na+]. The van der Waals surface area contributed by atoms with Gasteiger partial charge in [-0.1, -0.05) is 13.8 Å². The van der Waals surface area contributed by atoms with Crippen LogP contribution in [-0.2, 0) is 4.79 Å². The summed E-state index contributed by atoms with van der Waals surface area (Å²) in [4.78, 5) is 10.4. The zero-order valence-electron chi connectivity index (χ0n) is 7.52. The van der Waals surface area contributed by atoms with Crippen molar-refractivity contribution in [3.05, 3.63) is 0 Å². The molecule has 0 aromatic carbocycles. The van der Waals surface area contributed by atoms with Gasteiger partial charge in [-0.3, -0.25) is 0 Å². The van der Waals surface area contributed by atoms with Gasteiger partial charge in [0.1, 0.15) is 0 Å². The number of rotatable bonds is 4. The number of hydrogen-bond donors (Lipinski definition) is 1. The zero-order chi connectivity index (χ0) is 8.20. The van der Waals surface area contributed by atoms with Crippen LogP contribution in [0.15, 0.2) is 0 Å². The van der Waals surface area contributed by atoms with Gasteiger partial charge in [0.25, 0.3) is 0 Å². The quantitative estimate of drug-likeness (QED) is 0.442. The molecule has 0 bridgehead atoms. The average Bonchev–Trinajstić information content (AvgIpc) is 1.84. The zero-order valence-corrected chi connectivity index (χ0v) is 9.52. The Hall–Kier alpha value is 0.430.